The van der Waals surface area contributed by atoms with Crippen molar-refractivity contribution in [1.82, 2.24) is 58.5 Å². The van der Waals surface area contributed by atoms with Crippen LogP contribution in [0.2, 0.25) is 0 Å². The van der Waals surface area contributed by atoms with E-state index in [4.69, 9.17) is 21.9 Å². The molecule has 1 aromatic carbocycles. The molecule has 2 rings (SSSR count). The van der Waals surface area contributed by atoms with Gasteiger partial charge in [-0.2, -0.15) is 0 Å². The van der Waals surface area contributed by atoms with E-state index in [1.165, 1.54) is 13.8 Å². The molecule has 28 nitrogen and oxygen atoms in total. The van der Waals surface area contributed by atoms with E-state index in [1.807, 2.05) is 37.3 Å². The van der Waals surface area contributed by atoms with Gasteiger partial charge in [0.05, 0.1) is 12.6 Å². The van der Waals surface area contributed by atoms with Crippen molar-refractivity contribution in [2.75, 3.05) is 26.7 Å². The number of carbonyl (C=O) groups is 12. The molecule has 11 amide bonds. The molecule has 1 aromatic rings. The fourth-order valence-electron chi connectivity index (χ4n) is 9.49. The van der Waals surface area contributed by atoms with Gasteiger partial charge in [-0.15, -0.1) is 0 Å². The first-order valence-corrected chi connectivity index (χ1v) is 30.9. The molecule has 1 aliphatic rings. The Balaban J connectivity index is 2.46. The molecule has 0 spiro atoms. The number of amides is 11. The maximum atomic E-state index is 14.5. The zero-order chi connectivity index (χ0) is 66.4. The molecule has 0 aliphatic carbocycles. The zero-order valence-corrected chi connectivity index (χ0v) is 53.2. The quantitative estimate of drug-likeness (QED) is 0.0254. The molecule has 88 heavy (non-hydrogen) atoms. The number of esters is 1. The lowest BCUT2D eigenvalue weighted by molar-refractivity contribution is -0.157. The number of hydrogen-bond acceptors (Lipinski definition) is 17. The molecule has 0 radical (unpaired) electrons. The van der Waals surface area contributed by atoms with Gasteiger partial charge in [-0.05, 0) is 108 Å². The summed E-state index contributed by atoms with van der Waals surface area (Å²) in [6.07, 6.45) is 0.906. The predicted octanol–water partition coefficient (Wildman–Crippen LogP) is -2.06. The van der Waals surface area contributed by atoms with Crippen LogP contribution in [0.3, 0.4) is 0 Å². The molecule has 1 aliphatic heterocycles. The number of carbonyl (C=O) groups excluding carboxylic acids is 12. The van der Waals surface area contributed by atoms with Crippen molar-refractivity contribution in [2.24, 2.45) is 40.9 Å². The average molecular weight is 1240 g/mol. The first-order valence-electron chi connectivity index (χ1n) is 30.9. The van der Waals surface area contributed by atoms with E-state index in [9.17, 15) is 62.6 Å². The van der Waals surface area contributed by atoms with Crippen LogP contribution in [0, 0.1) is 23.7 Å². The second kappa shape index (κ2) is 39.6. The molecular formula is C60H102N14O14. The number of benzene rings is 1. The Morgan fingerprint density at radius 3 is 1.57 bits per heavy atom. The smallest absolute Gasteiger partial charge is 0.329 e. The van der Waals surface area contributed by atoms with Crippen LogP contribution in [-0.2, 0) is 68.7 Å². The van der Waals surface area contributed by atoms with E-state index in [2.05, 4.69) is 58.5 Å². The van der Waals surface area contributed by atoms with Crippen molar-refractivity contribution in [3.63, 3.8) is 0 Å². The number of nitrogens with two attached hydrogens (primary N) is 3. The number of unbranched alkanes of at least 4 members (excludes halogenated alkanes) is 1. The lowest BCUT2D eigenvalue weighted by Crippen LogP contribution is -2.63. The van der Waals surface area contributed by atoms with Crippen LogP contribution in [0.4, 0.5) is 0 Å². The van der Waals surface area contributed by atoms with E-state index in [0.717, 1.165) is 5.56 Å². The Hall–Kier alpha value is -7.30. The van der Waals surface area contributed by atoms with Gasteiger partial charge in [0, 0.05) is 6.42 Å². The lowest BCUT2D eigenvalue weighted by atomic mass is 9.94. The summed E-state index contributed by atoms with van der Waals surface area (Å²) in [5.41, 5.74) is 17.9. The maximum absolute atomic E-state index is 14.5. The topological polar surface area (TPSA) is 445 Å². The van der Waals surface area contributed by atoms with Gasteiger partial charge in [-0.3, -0.25) is 52.7 Å². The molecule has 18 N–H and O–H groups in total. The fraction of sp³-hybridized carbons (Fsp3) is 0.700. The van der Waals surface area contributed by atoms with Crippen molar-refractivity contribution in [3.8, 4) is 0 Å². The molecule has 1 heterocycles. The number of aliphatic hydroxyl groups is 1. The second-order valence-electron chi connectivity index (χ2n) is 23.0. The van der Waals surface area contributed by atoms with Crippen LogP contribution in [-0.4, -0.2) is 175 Å². The number of likely N-dealkylation sites (N-methyl/N-ethyl adjacent to an activating group) is 1. The van der Waals surface area contributed by atoms with Gasteiger partial charge in [0.1, 0.15) is 66.5 Å². The van der Waals surface area contributed by atoms with Gasteiger partial charge in [0.2, 0.25) is 65.0 Å². The maximum Gasteiger partial charge on any atom is 0.329 e. The fourth-order valence-corrected chi connectivity index (χ4v) is 9.49. The Morgan fingerprint density at radius 2 is 1.07 bits per heavy atom. The summed E-state index contributed by atoms with van der Waals surface area (Å²) in [5.74, 6) is -12.2. The van der Waals surface area contributed by atoms with Crippen LogP contribution >= 0.6 is 0 Å². The normalized spacial score (nSPS) is 21.1. The number of hydrogen-bond donors (Lipinski definition) is 15. The Bertz CT molecular complexity index is 2470. The summed E-state index contributed by atoms with van der Waals surface area (Å²) < 4.78 is 5.71. The molecule has 16 atom stereocenters. The molecule has 496 valence electrons. The SMILES string of the molecule is CC[C@@H](C)[C@@H](NC(=O)[C@@H](CCC(N)=O)NC(=O)[C@H](CCCCN)NC(=O)[C@@H](NC(=O)[C@@H](Cc1ccccc1)NC)[C@@H](C)CC)C(=O)N[C@H](C(=O)N[C@@H](CO)C(=O)N[C@H]1C(=O)N[C@@H](C)C(=O)N[C@@H](CCCN)C(=O)N[C@@H]([C@@H](C)CC)C(=O)O[C@H]1C)[C@@H](C)CC. The summed E-state index contributed by atoms with van der Waals surface area (Å²) in [5, 5.41) is 39.8. The van der Waals surface area contributed by atoms with E-state index in [1.54, 1.807) is 55.5 Å². The number of aliphatic hydroxyl groups excluding tert-OH is 1. The molecule has 0 unspecified atom stereocenters. The highest BCUT2D eigenvalue weighted by molar-refractivity contribution is 5.99. The Morgan fingerprint density at radius 1 is 0.580 bits per heavy atom. The monoisotopic (exact) mass is 1240 g/mol. The van der Waals surface area contributed by atoms with Gasteiger partial charge in [0.15, 0.2) is 0 Å². The number of primary amides is 1. The van der Waals surface area contributed by atoms with E-state index >= 15 is 0 Å². The third kappa shape index (κ3) is 24.7. The van der Waals surface area contributed by atoms with Crippen molar-refractivity contribution in [1.29, 1.82) is 0 Å². The molecule has 1 fully saturated rings. The standard InChI is InChI=1S/C60H102N14O14/c1-12-32(5)45(71-54(81)42(64-11)30-38-22-17-16-18-23-38)56(83)68-39(24-19-20-28-61)51(78)67-41(26-27-44(63)76)53(80)70-47(34(7)14-3)58(85)72-46(33(6)13-2)57(84)69-43(31-75)55(82)74-49-37(10)88-60(87)48(35(8)15-4)73-52(79)40(25-21-29-62)66-50(77)36(9)65-59(49)86/h16-18,22-23,32-37,39-43,45-49,64,75H,12-15,19-21,24-31,61-62H2,1-11H3,(H2,63,76)(H,65,86)(H,66,77)(H,67,78)(H,68,83)(H,69,84)(H,70,80)(H,71,81)(H,72,85)(H,73,79)(H,74,82)/t32-,33-,34+,35-,36-,37-,39-,40-,41+,42+,43-,45-,46-,47+,48-,49+/m0/s1. The highest BCUT2D eigenvalue weighted by Crippen LogP contribution is 2.18. The molecule has 28 heteroatoms. The lowest BCUT2D eigenvalue weighted by Gasteiger charge is -2.31. The minimum atomic E-state index is -1.80. The minimum absolute atomic E-state index is 0.0601. The van der Waals surface area contributed by atoms with E-state index in [0.29, 0.717) is 44.9 Å². The zero-order valence-electron chi connectivity index (χ0n) is 53.2. The largest absolute Gasteiger partial charge is 0.458 e. The van der Waals surface area contributed by atoms with Gasteiger partial charge < -0.3 is 85.5 Å². The molecule has 0 bridgehead atoms. The van der Waals surface area contributed by atoms with E-state index in [-0.39, 0.29) is 38.8 Å². The molecular weight excluding hydrogens is 1140 g/mol. The van der Waals surface area contributed by atoms with Crippen LogP contribution in [0.25, 0.3) is 0 Å². The van der Waals surface area contributed by atoms with Gasteiger partial charge in [0.25, 0.3) is 0 Å². The number of ether oxygens (including phenoxy) is 1. The third-order valence-electron chi connectivity index (χ3n) is 16.2. The van der Waals surface area contributed by atoms with Crippen LogP contribution in [0.5, 0.6) is 0 Å². The van der Waals surface area contributed by atoms with Crippen LogP contribution < -0.4 is 75.7 Å². The summed E-state index contributed by atoms with van der Waals surface area (Å²) >= 11 is 0. The van der Waals surface area contributed by atoms with Gasteiger partial charge in [-0.1, -0.05) is 111 Å². The number of cyclic esters (lactones) is 1. The summed E-state index contributed by atoms with van der Waals surface area (Å²) in [7, 11) is 1.63. The third-order valence-corrected chi connectivity index (χ3v) is 16.2. The average Bonchev–Trinajstić information content (AvgIpc) is 3.57. The highest BCUT2D eigenvalue weighted by atomic mass is 16.5. The van der Waals surface area contributed by atoms with Gasteiger partial charge >= 0.3 is 5.97 Å². The summed E-state index contributed by atoms with van der Waals surface area (Å²) in [4.78, 5) is 166. The van der Waals surface area contributed by atoms with E-state index < -0.39 is 180 Å². The number of rotatable bonds is 36. The molecule has 0 aromatic heterocycles. The van der Waals surface area contributed by atoms with Crippen molar-refractivity contribution < 1.29 is 67.4 Å². The Labute approximate surface area is 517 Å². The summed E-state index contributed by atoms with van der Waals surface area (Å²) in [6, 6.07) is -5.31. The van der Waals surface area contributed by atoms with Crippen molar-refractivity contribution in [3.05, 3.63) is 35.9 Å². The first-order chi connectivity index (χ1) is 41.7. The Kier molecular flexibility index (Phi) is 34.5. The number of nitrogens with one attached hydrogen (secondary N) is 11. The van der Waals surface area contributed by atoms with Crippen molar-refractivity contribution >= 4 is 70.9 Å². The first kappa shape index (κ1) is 76.8. The van der Waals surface area contributed by atoms with Gasteiger partial charge in [-0.25, -0.2) is 4.79 Å². The predicted molar refractivity (Wildman–Crippen MR) is 328 cm³/mol. The molecule has 0 saturated carbocycles. The second-order valence-corrected chi connectivity index (χ2v) is 23.0. The van der Waals surface area contributed by atoms with Crippen LogP contribution in [0.15, 0.2) is 30.3 Å². The summed E-state index contributed by atoms with van der Waals surface area (Å²) in [6.45, 7) is 15.8. The van der Waals surface area contributed by atoms with Crippen LogP contribution in [0.1, 0.15) is 145 Å². The minimum Gasteiger partial charge on any atom is -0.458 e. The van der Waals surface area contributed by atoms with Crippen molar-refractivity contribution in [2.45, 2.75) is 219 Å². The molecule has 1 saturated heterocycles. The highest BCUT2D eigenvalue weighted by Gasteiger charge is 2.41.